The fourth-order valence-electron chi connectivity index (χ4n) is 2.72. The summed E-state index contributed by atoms with van der Waals surface area (Å²) in [5.41, 5.74) is 7.02. The third-order valence-corrected chi connectivity index (χ3v) is 3.98. The topological polar surface area (TPSA) is 65.5 Å². The van der Waals surface area contributed by atoms with Gasteiger partial charge in [-0.15, -0.1) is 0 Å². The van der Waals surface area contributed by atoms with Crippen LogP contribution in [-0.4, -0.2) is 12.1 Å². The highest BCUT2D eigenvalue weighted by molar-refractivity contribution is 5.93. The summed E-state index contributed by atoms with van der Waals surface area (Å²) in [7, 11) is 0. The van der Waals surface area contributed by atoms with Crippen LogP contribution in [0.15, 0.2) is 28.7 Å². The maximum absolute atomic E-state index is 12.1. The number of fused-ring (bicyclic) bond motifs is 1. The van der Waals surface area contributed by atoms with Gasteiger partial charge in [0.25, 0.3) is 0 Å². The Morgan fingerprint density at radius 2 is 2.00 bits per heavy atom. The van der Waals surface area contributed by atoms with E-state index in [-0.39, 0.29) is 17.8 Å². The molecule has 106 valence electrons. The largest absolute Gasteiger partial charge is 0.457 e. The molecular formula is C16H19NO3. The second kappa shape index (κ2) is 5.19. The maximum Gasteiger partial charge on any atom is 0.374 e. The number of rotatable bonds is 2. The van der Waals surface area contributed by atoms with Crippen molar-refractivity contribution in [2.45, 2.75) is 38.7 Å². The van der Waals surface area contributed by atoms with Gasteiger partial charge in [0.1, 0.15) is 11.7 Å². The van der Waals surface area contributed by atoms with Crippen molar-refractivity contribution in [3.8, 4) is 0 Å². The zero-order valence-electron chi connectivity index (χ0n) is 11.6. The van der Waals surface area contributed by atoms with Crippen LogP contribution in [0.1, 0.15) is 43.2 Å². The first kappa shape index (κ1) is 13.0. The first-order valence-electron chi connectivity index (χ1n) is 7.12. The van der Waals surface area contributed by atoms with Gasteiger partial charge < -0.3 is 14.9 Å². The van der Waals surface area contributed by atoms with Crippen molar-refractivity contribution in [2.24, 2.45) is 5.92 Å². The molecular weight excluding hydrogens is 254 g/mol. The van der Waals surface area contributed by atoms with E-state index in [0.717, 1.165) is 37.0 Å². The molecule has 0 radical (unpaired) electrons. The lowest BCUT2D eigenvalue weighted by molar-refractivity contribution is 0.0143. The van der Waals surface area contributed by atoms with E-state index in [2.05, 4.69) is 6.92 Å². The van der Waals surface area contributed by atoms with Gasteiger partial charge in [-0.3, -0.25) is 0 Å². The molecule has 1 fully saturated rings. The summed E-state index contributed by atoms with van der Waals surface area (Å²) < 4.78 is 11.0. The molecule has 0 spiro atoms. The number of esters is 1. The predicted octanol–water partition coefficient (Wildman–Crippen LogP) is 3.75. The summed E-state index contributed by atoms with van der Waals surface area (Å²) in [4.78, 5) is 12.1. The van der Waals surface area contributed by atoms with Crippen LogP contribution >= 0.6 is 0 Å². The highest BCUT2D eigenvalue weighted by Crippen LogP contribution is 2.27. The molecule has 1 aromatic heterocycles. The molecule has 0 amide bonds. The minimum atomic E-state index is -0.376. The van der Waals surface area contributed by atoms with Gasteiger partial charge >= 0.3 is 5.97 Å². The van der Waals surface area contributed by atoms with E-state index in [9.17, 15) is 4.79 Å². The number of carbonyl (C=O) groups excluding carboxylic acids is 1. The van der Waals surface area contributed by atoms with E-state index >= 15 is 0 Å². The summed E-state index contributed by atoms with van der Waals surface area (Å²) in [6, 6.07) is 7.00. The first-order valence-corrected chi connectivity index (χ1v) is 7.12. The Morgan fingerprint density at radius 1 is 1.25 bits per heavy atom. The van der Waals surface area contributed by atoms with E-state index in [1.165, 1.54) is 0 Å². The lowest BCUT2D eigenvalue weighted by Crippen LogP contribution is -2.23. The van der Waals surface area contributed by atoms with Crippen molar-refractivity contribution in [1.82, 2.24) is 0 Å². The van der Waals surface area contributed by atoms with Gasteiger partial charge in [0.2, 0.25) is 5.76 Å². The molecule has 0 bridgehead atoms. The van der Waals surface area contributed by atoms with Crippen molar-refractivity contribution in [3.63, 3.8) is 0 Å². The van der Waals surface area contributed by atoms with Gasteiger partial charge in [-0.05, 0) is 55.9 Å². The Hall–Kier alpha value is -1.97. The molecule has 1 saturated carbocycles. The third-order valence-electron chi connectivity index (χ3n) is 3.98. The number of benzene rings is 1. The zero-order valence-corrected chi connectivity index (χ0v) is 11.6. The van der Waals surface area contributed by atoms with Crippen LogP contribution in [0.4, 0.5) is 5.69 Å². The van der Waals surface area contributed by atoms with Crippen LogP contribution in [0.5, 0.6) is 0 Å². The molecule has 20 heavy (non-hydrogen) atoms. The molecule has 1 aliphatic carbocycles. The highest BCUT2D eigenvalue weighted by atomic mass is 16.6. The molecule has 2 aromatic rings. The molecule has 3 rings (SSSR count). The van der Waals surface area contributed by atoms with Crippen molar-refractivity contribution < 1.29 is 13.9 Å². The zero-order chi connectivity index (χ0) is 14.1. The molecule has 0 aliphatic heterocycles. The van der Waals surface area contributed by atoms with E-state index in [1.807, 2.05) is 0 Å². The van der Waals surface area contributed by atoms with Crippen molar-refractivity contribution >= 4 is 22.6 Å². The molecule has 0 saturated heterocycles. The monoisotopic (exact) mass is 273 g/mol. The average molecular weight is 273 g/mol. The van der Waals surface area contributed by atoms with Crippen LogP contribution in [-0.2, 0) is 4.74 Å². The summed E-state index contributed by atoms with van der Waals surface area (Å²) in [5.74, 6) is 0.614. The summed E-state index contributed by atoms with van der Waals surface area (Å²) in [6.45, 7) is 2.24. The van der Waals surface area contributed by atoms with E-state index < -0.39 is 0 Å². The van der Waals surface area contributed by atoms with Crippen LogP contribution in [0.25, 0.3) is 11.0 Å². The Bertz CT molecular complexity index is 624. The highest BCUT2D eigenvalue weighted by Gasteiger charge is 2.23. The average Bonchev–Trinajstić information content (AvgIpc) is 2.84. The lowest BCUT2D eigenvalue weighted by Gasteiger charge is -2.25. The molecule has 1 aromatic carbocycles. The number of carbonyl (C=O) groups is 1. The number of nitrogens with two attached hydrogens (primary N) is 1. The number of hydrogen-bond acceptors (Lipinski definition) is 4. The molecule has 0 atom stereocenters. The Balaban J connectivity index is 1.72. The number of hydrogen-bond donors (Lipinski definition) is 1. The van der Waals surface area contributed by atoms with Gasteiger partial charge in [-0.1, -0.05) is 6.92 Å². The van der Waals surface area contributed by atoms with Crippen molar-refractivity contribution in [2.75, 3.05) is 5.73 Å². The maximum atomic E-state index is 12.1. The molecule has 4 nitrogen and oxygen atoms in total. The van der Waals surface area contributed by atoms with Gasteiger partial charge in [-0.25, -0.2) is 4.79 Å². The second-order valence-electron chi connectivity index (χ2n) is 5.70. The number of furan rings is 1. The van der Waals surface area contributed by atoms with Crippen LogP contribution in [0.3, 0.4) is 0 Å². The van der Waals surface area contributed by atoms with Crippen LogP contribution in [0.2, 0.25) is 0 Å². The standard InChI is InChI=1S/C16H19NO3/c1-10-2-5-13(6-3-10)19-16(18)15-9-11-8-12(17)4-7-14(11)20-15/h4,7-10,13H,2-3,5-6,17H2,1H3. The molecule has 1 aliphatic rings. The number of ether oxygens (including phenoxy) is 1. The second-order valence-corrected chi connectivity index (χ2v) is 5.70. The van der Waals surface area contributed by atoms with Gasteiger partial charge in [0.15, 0.2) is 0 Å². The van der Waals surface area contributed by atoms with Crippen LogP contribution < -0.4 is 5.73 Å². The summed E-state index contributed by atoms with van der Waals surface area (Å²) >= 11 is 0. The number of anilines is 1. The smallest absolute Gasteiger partial charge is 0.374 e. The van der Waals surface area contributed by atoms with Crippen molar-refractivity contribution in [3.05, 3.63) is 30.0 Å². The SMILES string of the molecule is CC1CCC(OC(=O)c2cc3cc(N)ccc3o2)CC1. The summed E-state index contributed by atoms with van der Waals surface area (Å²) in [6.07, 6.45) is 4.15. The molecule has 2 N–H and O–H groups in total. The third kappa shape index (κ3) is 2.64. The number of nitrogen functional groups attached to an aromatic ring is 1. The van der Waals surface area contributed by atoms with Gasteiger partial charge in [-0.2, -0.15) is 0 Å². The van der Waals surface area contributed by atoms with E-state index in [4.69, 9.17) is 14.9 Å². The van der Waals surface area contributed by atoms with Crippen LogP contribution in [0, 0.1) is 5.92 Å². The quantitative estimate of drug-likeness (QED) is 0.668. The molecule has 1 heterocycles. The fourth-order valence-corrected chi connectivity index (χ4v) is 2.72. The van der Waals surface area contributed by atoms with Gasteiger partial charge in [0, 0.05) is 11.1 Å². The Labute approximate surface area is 117 Å². The Kier molecular flexibility index (Phi) is 3.38. The predicted molar refractivity (Wildman–Crippen MR) is 77.5 cm³/mol. The lowest BCUT2D eigenvalue weighted by atomic mass is 9.89. The van der Waals surface area contributed by atoms with E-state index in [0.29, 0.717) is 11.3 Å². The molecule has 4 heteroatoms. The fraction of sp³-hybridized carbons (Fsp3) is 0.438. The van der Waals surface area contributed by atoms with Gasteiger partial charge in [0.05, 0.1) is 0 Å². The molecule has 0 unspecified atom stereocenters. The first-order chi connectivity index (χ1) is 9.61. The normalized spacial score (nSPS) is 22.9. The Morgan fingerprint density at radius 3 is 2.75 bits per heavy atom. The summed E-state index contributed by atoms with van der Waals surface area (Å²) in [5, 5.41) is 0.828. The van der Waals surface area contributed by atoms with E-state index in [1.54, 1.807) is 24.3 Å². The minimum Gasteiger partial charge on any atom is -0.457 e. The van der Waals surface area contributed by atoms with Crippen molar-refractivity contribution in [1.29, 1.82) is 0 Å². The minimum absolute atomic E-state index is 0.0250.